The highest BCUT2D eigenvalue weighted by Crippen LogP contribution is 2.31. The van der Waals surface area contributed by atoms with Crippen LogP contribution < -0.4 is 5.56 Å². The average molecular weight is 385 g/mol. The number of rotatable bonds is 4. The van der Waals surface area contributed by atoms with Crippen LogP contribution in [0.25, 0.3) is 21.3 Å². The van der Waals surface area contributed by atoms with E-state index in [-0.39, 0.29) is 5.56 Å². The van der Waals surface area contributed by atoms with Crippen molar-refractivity contribution < 1.29 is 0 Å². The summed E-state index contributed by atoms with van der Waals surface area (Å²) in [5.41, 5.74) is 2.95. The predicted molar refractivity (Wildman–Crippen MR) is 107 cm³/mol. The number of nitrogens with one attached hydrogen (secondary N) is 1. The molecule has 124 valence electrons. The van der Waals surface area contributed by atoms with Crippen LogP contribution in [-0.4, -0.2) is 9.97 Å². The van der Waals surface area contributed by atoms with Gasteiger partial charge in [0.2, 0.25) is 0 Å². The first-order chi connectivity index (χ1) is 12.2. The quantitative estimate of drug-likeness (QED) is 0.368. The van der Waals surface area contributed by atoms with Gasteiger partial charge in [-0.2, -0.15) is 0 Å². The van der Waals surface area contributed by atoms with E-state index in [0.29, 0.717) is 21.3 Å². The van der Waals surface area contributed by atoms with Gasteiger partial charge in [0.05, 0.1) is 5.39 Å². The Bertz CT molecular complexity index is 1090. The molecule has 6 heteroatoms. The number of aromatic nitrogens is 2. The molecule has 1 N–H and O–H groups in total. The van der Waals surface area contributed by atoms with Crippen molar-refractivity contribution >= 4 is 44.9 Å². The Kier molecular flexibility index (Phi) is 4.61. The van der Waals surface area contributed by atoms with Gasteiger partial charge in [0, 0.05) is 21.7 Å². The van der Waals surface area contributed by atoms with Gasteiger partial charge >= 0.3 is 0 Å². The zero-order valence-electron chi connectivity index (χ0n) is 13.0. The topological polar surface area (TPSA) is 45.8 Å². The Morgan fingerprint density at radius 3 is 2.76 bits per heavy atom. The SMILES string of the molecule is O=c1[nH]c(SCc2cccc(Cl)c2)nc2scc(-c3ccccc3)c12. The second kappa shape index (κ2) is 7.04. The Labute approximate surface area is 157 Å². The van der Waals surface area contributed by atoms with Gasteiger partial charge in [-0.15, -0.1) is 11.3 Å². The smallest absolute Gasteiger partial charge is 0.260 e. The maximum atomic E-state index is 12.6. The standard InChI is InChI=1S/C19H13ClN2OS2/c20-14-8-4-5-12(9-14)10-25-19-21-17(23)16-15(11-24-18(16)22-19)13-6-2-1-3-7-13/h1-9,11H,10H2,(H,21,22,23). The van der Waals surface area contributed by atoms with E-state index in [1.807, 2.05) is 60.0 Å². The van der Waals surface area contributed by atoms with Crippen LogP contribution in [0, 0.1) is 0 Å². The lowest BCUT2D eigenvalue weighted by Crippen LogP contribution is -2.08. The van der Waals surface area contributed by atoms with Crippen LogP contribution in [0.2, 0.25) is 5.02 Å². The molecule has 0 radical (unpaired) electrons. The lowest BCUT2D eigenvalue weighted by Gasteiger charge is -2.03. The van der Waals surface area contributed by atoms with Crippen molar-refractivity contribution in [2.75, 3.05) is 0 Å². The Balaban J connectivity index is 1.66. The molecule has 0 saturated heterocycles. The van der Waals surface area contributed by atoms with Crippen molar-refractivity contribution in [3.8, 4) is 11.1 Å². The molecule has 0 spiro atoms. The first-order valence-electron chi connectivity index (χ1n) is 7.65. The molecule has 3 nitrogen and oxygen atoms in total. The van der Waals surface area contributed by atoms with Crippen molar-refractivity contribution in [3.63, 3.8) is 0 Å². The molecule has 25 heavy (non-hydrogen) atoms. The van der Waals surface area contributed by atoms with Crippen LogP contribution in [0.15, 0.2) is 69.9 Å². The first kappa shape index (κ1) is 16.4. The van der Waals surface area contributed by atoms with E-state index in [0.717, 1.165) is 21.5 Å². The second-order valence-electron chi connectivity index (χ2n) is 5.49. The Morgan fingerprint density at radius 1 is 1.12 bits per heavy atom. The number of halogens is 1. The van der Waals surface area contributed by atoms with E-state index in [9.17, 15) is 4.79 Å². The molecule has 0 unspecified atom stereocenters. The van der Waals surface area contributed by atoms with Gasteiger partial charge in [-0.25, -0.2) is 4.98 Å². The summed E-state index contributed by atoms with van der Waals surface area (Å²) in [6.07, 6.45) is 0. The molecule has 0 aliphatic carbocycles. The minimum absolute atomic E-state index is 0.0984. The highest BCUT2D eigenvalue weighted by atomic mass is 35.5. The molecule has 2 aromatic heterocycles. The lowest BCUT2D eigenvalue weighted by molar-refractivity contribution is 0.980. The summed E-state index contributed by atoms with van der Waals surface area (Å²) < 4.78 is 0. The molecule has 0 atom stereocenters. The molecule has 0 saturated carbocycles. The number of aromatic amines is 1. The second-order valence-corrected chi connectivity index (χ2v) is 7.74. The number of thioether (sulfide) groups is 1. The monoisotopic (exact) mass is 384 g/mol. The minimum Gasteiger partial charge on any atom is -0.301 e. The minimum atomic E-state index is -0.0984. The lowest BCUT2D eigenvalue weighted by atomic mass is 10.1. The number of nitrogens with zero attached hydrogens (tertiary/aromatic N) is 1. The molecule has 0 aliphatic heterocycles. The summed E-state index contributed by atoms with van der Waals surface area (Å²) in [5, 5.41) is 3.98. The molecule has 0 amide bonds. The predicted octanol–water partition coefficient (Wildman–Crippen LogP) is 5.60. The summed E-state index contributed by atoms with van der Waals surface area (Å²) in [5.74, 6) is 0.700. The summed E-state index contributed by atoms with van der Waals surface area (Å²) in [7, 11) is 0. The van der Waals surface area contributed by atoms with Crippen LogP contribution in [0.1, 0.15) is 5.56 Å². The first-order valence-corrected chi connectivity index (χ1v) is 9.89. The third kappa shape index (κ3) is 3.49. The normalized spacial score (nSPS) is 11.1. The van der Waals surface area contributed by atoms with Gasteiger partial charge in [-0.3, -0.25) is 4.79 Å². The van der Waals surface area contributed by atoms with Crippen molar-refractivity contribution in [1.29, 1.82) is 0 Å². The van der Waals surface area contributed by atoms with Gasteiger partial charge < -0.3 is 4.98 Å². The van der Waals surface area contributed by atoms with Crippen LogP contribution in [0.5, 0.6) is 0 Å². The molecule has 2 heterocycles. The molecule has 0 fully saturated rings. The molecular formula is C19H13ClN2OS2. The molecule has 0 bridgehead atoms. The highest BCUT2D eigenvalue weighted by Gasteiger charge is 2.13. The van der Waals surface area contributed by atoms with Crippen LogP contribution in [0.3, 0.4) is 0 Å². The molecule has 0 aliphatic rings. The molecule has 2 aromatic carbocycles. The number of hydrogen-bond donors (Lipinski definition) is 1. The van der Waals surface area contributed by atoms with Crippen molar-refractivity contribution in [1.82, 2.24) is 9.97 Å². The number of H-pyrrole nitrogens is 1. The number of thiophene rings is 1. The fraction of sp³-hybridized carbons (Fsp3) is 0.0526. The number of fused-ring (bicyclic) bond motifs is 1. The fourth-order valence-electron chi connectivity index (χ4n) is 2.61. The van der Waals surface area contributed by atoms with Crippen LogP contribution >= 0.6 is 34.7 Å². The maximum Gasteiger partial charge on any atom is 0.260 e. The van der Waals surface area contributed by atoms with Crippen molar-refractivity contribution in [2.24, 2.45) is 0 Å². The highest BCUT2D eigenvalue weighted by molar-refractivity contribution is 7.98. The van der Waals surface area contributed by atoms with E-state index >= 15 is 0 Å². The zero-order chi connectivity index (χ0) is 17.2. The fourth-order valence-corrected chi connectivity index (χ4v) is 4.63. The van der Waals surface area contributed by atoms with Gasteiger partial charge in [0.15, 0.2) is 5.16 Å². The van der Waals surface area contributed by atoms with E-state index in [1.54, 1.807) is 0 Å². The largest absolute Gasteiger partial charge is 0.301 e. The van der Waals surface area contributed by atoms with Gasteiger partial charge in [0.25, 0.3) is 5.56 Å². The third-order valence-electron chi connectivity index (χ3n) is 3.77. The zero-order valence-corrected chi connectivity index (χ0v) is 15.4. The Hall–Kier alpha value is -2.08. The van der Waals surface area contributed by atoms with Gasteiger partial charge in [0.1, 0.15) is 4.83 Å². The molecule has 4 aromatic rings. The maximum absolute atomic E-state index is 12.6. The van der Waals surface area contributed by atoms with E-state index < -0.39 is 0 Å². The van der Waals surface area contributed by atoms with Crippen LogP contribution in [-0.2, 0) is 5.75 Å². The number of hydrogen-bond acceptors (Lipinski definition) is 4. The van der Waals surface area contributed by atoms with E-state index in [1.165, 1.54) is 23.1 Å². The summed E-state index contributed by atoms with van der Waals surface area (Å²) in [4.78, 5) is 20.9. The summed E-state index contributed by atoms with van der Waals surface area (Å²) in [6, 6.07) is 17.6. The van der Waals surface area contributed by atoms with Gasteiger partial charge in [-0.05, 0) is 23.3 Å². The third-order valence-corrected chi connectivity index (χ3v) is 5.82. The van der Waals surface area contributed by atoms with Gasteiger partial charge in [-0.1, -0.05) is 65.8 Å². The Morgan fingerprint density at radius 2 is 1.96 bits per heavy atom. The van der Waals surface area contributed by atoms with E-state index in [2.05, 4.69) is 9.97 Å². The summed E-state index contributed by atoms with van der Waals surface area (Å²) in [6.45, 7) is 0. The van der Waals surface area contributed by atoms with Crippen molar-refractivity contribution in [3.05, 3.63) is 80.9 Å². The summed E-state index contributed by atoms with van der Waals surface area (Å²) >= 11 is 9.00. The van der Waals surface area contributed by atoms with Crippen LogP contribution in [0.4, 0.5) is 0 Å². The van der Waals surface area contributed by atoms with Crippen molar-refractivity contribution in [2.45, 2.75) is 10.9 Å². The van der Waals surface area contributed by atoms with E-state index in [4.69, 9.17) is 11.6 Å². The molecule has 4 rings (SSSR count). The molecular weight excluding hydrogens is 372 g/mol. The average Bonchev–Trinajstić information content (AvgIpc) is 3.05. The number of benzene rings is 2.